The Morgan fingerprint density at radius 3 is 3.10 bits per heavy atom. The number of hydrogen-bond donors (Lipinski definition) is 2. The van der Waals surface area contributed by atoms with Crippen LogP contribution in [-0.4, -0.2) is 40.4 Å². The van der Waals surface area contributed by atoms with Crippen LogP contribution < -0.4 is 11.1 Å². The van der Waals surface area contributed by atoms with Crippen molar-refractivity contribution in [1.29, 1.82) is 0 Å². The first-order chi connectivity index (χ1) is 9.58. The van der Waals surface area contributed by atoms with E-state index in [1.54, 1.807) is 4.68 Å². The second-order valence-electron chi connectivity index (χ2n) is 4.62. The first kappa shape index (κ1) is 14.4. The number of pyridine rings is 1. The minimum absolute atomic E-state index is 0.0376. The van der Waals surface area contributed by atoms with Crippen LogP contribution in [0.3, 0.4) is 0 Å². The van der Waals surface area contributed by atoms with Gasteiger partial charge in [0.25, 0.3) is 0 Å². The molecule has 1 amide bonds. The van der Waals surface area contributed by atoms with Crippen molar-refractivity contribution in [3.05, 3.63) is 23.5 Å². The van der Waals surface area contributed by atoms with E-state index in [-0.39, 0.29) is 6.61 Å². The van der Waals surface area contributed by atoms with Crippen molar-refractivity contribution in [3.63, 3.8) is 0 Å². The highest BCUT2D eigenvalue weighted by atomic mass is 16.5. The molecule has 2 rings (SSSR count). The van der Waals surface area contributed by atoms with Crippen molar-refractivity contribution in [2.45, 2.75) is 13.5 Å². The highest BCUT2D eigenvalue weighted by Gasteiger charge is 2.06. The highest BCUT2D eigenvalue weighted by molar-refractivity contribution is 5.78. The summed E-state index contributed by atoms with van der Waals surface area (Å²) in [4.78, 5) is 14.9. The number of nitrogens with two attached hydrogens (primary N) is 1. The number of aryl methyl sites for hydroxylation is 2. The number of carbonyl (C=O) groups is 1. The maximum atomic E-state index is 10.5. The molecular formula is C13H19N5O2. The summed E-state index contributed by atoms with van der Waals surface area (Å²) < 4.78 is 6.84. The molecular weight excluding hydrogens is 258 g/mol. The van der Waals surface area contributed by atoms with E-state index in [1.807, 2.05) is 20.2 Å². The van der Waals surface area contributed by atoms with E-state index < -0.39 is 5.91 Å². The number of rotatable bonds is 7. The van der Waals surface area contributed by atoms with Crippen molar-refractivity contribution in [2.75, 3.05) is 19.8 Å². The van der Waals surface area contributed by atoms with Crippen LogP contribution in [0.2, 0.25) is 0 Å². The van der Waals surface area contributed by atoms with Gasteiger partial charge in [0, 0.05) is 31.7 Å². The smallest absolute Gasteiger partial charge is 0.243 e. The number of ether oxygens (including phenoxy) is 1. The van der Waals surface area contributed by atoms with Gasteiger partial charge in [0.2, 0.25) is 5.91 Å². The van der Waals surface area contributed by atoms with Crippen molar-refractivity contribution in [2.24, 2.45) is 12.8 Å². The standard InChI is InChI=1S/C13H19N5O2/c1-9-11-5-10(7-16-13(11)18(2)17-9)6-15-3-4-20-8-12(14)19/h5,7,15H,3-4,6,8H2,1-2H3,(H2,14,19). The van der Waals surface area contributed by atoms with Gasteiger partial charge in [0.15, 0.2) is 5.65 Å². The van der Waals surface area contributed by atoms with Gasteiger partial charge in [-0.25, -0.2) is 4.98 Å². The lowest BCUT2D eigenvalue weighted by molar-refractivity contribution is -0.122. The van der Waals surface area contributed by atoms with Crippen molar-refractivity contribution < 1.29 is 9.53 Å². The summed E-state index contributed by atoms with van der Waals surface area (Å²) in [5.74, 6) is -0.452. The monoisotopic (exact) mass is 277 g/mol. The summed E-state index contributed by atoms with van der Waals surface area (Å²) in [5, 5.41) is 8.63. The molecule has 0 spiro atoms. The minimum Gasteiger partial charge on any atom is -0.370 e. The van der Waals surface area contributed by atoms with Gasteiger partial charge in [-0.1, -0.05) is 0 Å². The molecule has 20 heavy (non-hydrogen) atoms. The highest BCUT2D eigenvalue weighted by Crippen LogP contribution is 2.16. The van der Waals surface area contributed by atoms with Crippen LogP contribution in [0.25, 0.3) is 11.0 Å². The number of hydrogen-bond acceptors (Lipinski definition) is 5. The second-order valence-corrected chi connectivity index (χ2v) is 4.62. The summed E-state index contributed by atoms with van der Waals surface area (Å²) in [6.45, 7) is 3.72. The molecule has 0 aliphatic heterocycles. The molecule has 0 aromatic carbocycles. The molecule has 2 aromatic heterocycles. The van der Waals surface area contributed by atoms with E-state index >= 15 is 0 Å². The van der Waals surface area contributed by atoms with Gasteiger partial charge in [-0.05, 0) is 18.6 Å². The van der Waals surface area contributed by atoms with Crippen LogP contribution in [0.5, 0.6) is 0 Å². The Bertz CT molecular complexity index is 608. The quantitative estimate of drug-likeness (QED) is 0.687. The number of fused-ring (bicyclic) bond motifs is 1. The molecule has 0 saturated carbocycles. The molecule has 2 heterocycles. The Kier molecular flexibility index (Phi) is 4.65. The van der Waals surface area contributed by atoms with Crippen LogP contribution >= 0.6 is 0 Å². The molecule has 3 N–H and O–H groups in total. The molecule has 0 aliphatic rings. The fourth-order valence-corrected chi connectivity index (χ4v) is 2.00. The zero-order valence-electron chi connectivity index (χ0n) is 11.7. The predicted octanol–water partition coefficient (Wildman–Crippen LogP) is -0.132. The molecule has 7 heteroatoms. The van der Waals surface area contributed by atoms with Crippen LogP contribution in [0.4, 0.5) is 0 Å². The van der Waals surface area contributed by atoms with E-state index in [0.29, 0.717) is 19.7 Å². The first-order valence-corrected chi connectivity index (χ1v) is 6.43. The summed E-state index contributed by atoms with van der Waals surface area (Å²) in [6, 6.07) is 2.09. The number of nitrogens with zero attached hydrogens (tertiary/aromatic N) is 3. The lowest BCUT2D eigenvalue weighted by Crippen LogP contribution is -2.23. The first-order valence-electron chi connectivity index (χ1n) is 6.43. The summed E-state index contributed by atoms with van der Waals surface area (Å²) in [6.07, 6.45) is 1.83. The molecule has 7 nitrogen and oxygen atoms in total. The third kappa shape index (κ3) is 3.52. The fourth-order valence-electron chi connectivity index (χ4n) is 2.00. The Hall–Kier alpha value is -1.99. The van der Waals surface area contributed by atoms with Gasteiger partial charge < -0.3 is 15.8 Å². The van der Waals surface area contributed by atoms with Gasteiger partial charge >= 0.3 is 0 Å². The van der Waals surface area contributed by atoms with Crippen LogP contribution in [-0.2, 0) is 23.1 Å². The molecule has 0 saturated heterocycles. The van der Waals surface area contributed by atoms with Crippen molar-refractivity contribution in [3.8, 4) is 0 Å². The maximum Gasteiger partial charge on any atom is 0.243 e. The third-order valence-corrected chi connectivity index (χ3v) is 2.92. The van der Waals surface area contributed by atoms with Crippen molar-refractivity contribution >= 4 is 16.9 Å². The van der Waals surface area contributed by atoms with Gasteiger partial charge in [-0.15, -0.1) is 0 Å². The number of amides is 1. The molecule has 0 aliphatic carbocycles. The second kappa shape index (κ2) is 6.44. The molecule has 0 fully saturated rings. The summed E-state index contributed by atoms with van der Waals surface area (Å²) in [7, 11) is 1.89. The Morgan fingerprint density at radius 2 is 2.35 bits per heavy atom. The molecule has 0 unspecified atom stereocenters. The number of nitrogens with one attached hydrogen (secondary N) is 1. The number of aromatic nitrogens is 3. The maximum absolute atomic E-state index is 10.5. The third-order valence-electron chi connectivity index (χ3n) is 2.92. The SMILES string of the molecule is Cc1nn(C)c2ncc(CNCCOCC(N)=O)cc12. The van der Waals surface area contributed by atoms with Gasteiger partial charge in [0.05, 0.1) is 12.3 Å². The molecule has 108 valence electrons. The van der Waals surface area contributed by atoms with E-state index in [2.05, 4.69) is 21.5 Å². The molecule has 2 aromatic rings. The molecule has 0 bridgehead atoms. The van der Waals surface area contributed by atoms with Gasteiger partial charge in [-0.3, -0.25) is 9.48 Å². The lowest BCUT2D eigenvalue weighted by Gasteiger charge is -2.05. The van der Waals surface area contributed by atoms with Crippen LogP contribution in [0.1, 0.15) is 11.3 Å². The normalized spacial score (nSPS) is 11.1. The Morgan fingerprint density at radius 1 is 1.55 bits per heavy atom. The van der Waals surface area contributed by atoms with E-state index in [4.69, 9.17) is 10.5 Å². The topological polar surface area (TPSA) is 95.1 Å². The van der Waals surface area contributed by atoms with Crippen LogP contribution in [0.15, 0.2) is 12.3 Å². The van der Waals surface area contributed by atoms with E-state index in [1.165, 1.54) is 0 Å². The zero-order chi connectivity index (χ0) is 14.5. The Balaban J connectivity index is 1.84. The van der Waals surface area contributed by atoms with Crippen molar-refractivity contribution in [1.82, 2.24) is 20.1 Å². The average molecular weight is 277 g/mol. The van der Waals surface area contributed by atoms with Gasteiger partial charge in [0.1, 0.15) is 6.61 Å². The summed E-state index contributed by atoms with van der Waals surface area (Å²) in [5.41, 5.74) is 7.91. The number of primary amides is 1. The molecule has 0 radical (unpaired) electrons. The van der Waals surface area contributed by atoms with E-state index in [9.17, 15) is 4.79 Å². The lowest BCUT2D eigenvalue weighted by atomic mass is 10.2. The van der Waals surface area contributed by atoms with Crippen LogP contribution in [0, 0.1) is 6.92 Å². The van der Waals surface area contributed by atoms with E-state index in [0.717, 1.165) is 22.3 Å². The summed E-state index contributed by atoms with van der Waals surface area (Å²) >= 11 is 0. The largest absolute Gasteiger partial charge is 0.370 e. The van der Waals surface area contributed by atoms with Gasteiger partial charge in [-0.2, -0.15) is 5.10 Å². The molecule has 0 atom stereocenters. The Labute approximate surface area is 117 Å². The predicted molar refractivity (Wildman–Crippen MR) is 75.0 cm³/mol. The zero-order valence-corrected chi connectivity index (χ0v) is 11.7. The average Bonchev–Trinajstić information content (AvgIpc) is 2.69. The number of carbonyl (C=O) groups excluding carboxylic acids is 1. The minimum atomic E-state index is -0.452. The fraction of sp³-hybridized carbons (Fsp3) is 0.462.